The fraction of sp³-hybridized carbons (Fsp3) is 0.545. The van der Waals surface area contributed by atoms with Crippen LogP contribution in [0.3, 0.4) is 0 Å². The molecular weight excluding hydrogens is 204 g/mol. The van der Waals surface area contributed by atoms with Gasteiger partial charge in [0.15, 0.2) is 0 Å². The minimum atomic E-state index is -0.0682. The van der Waals surface area contributed by atoms with Crippen molar-refractivity contribution in [2.45, 2.75) is 33.1 Å². The molecule has 0 atom stereocenters. The molecule has 0 spiro atoms. The van der Waals surface area contributed by atoms with Gasteiger partial charge in [0.2, 0.25) is 5.91 Å². The molecule has 1 heterocycles. The Hall–Kier alpha value is -1.83. The first kappa shape index (κ1) is 12.2. The molecule has 0 radical (unpaired) electrons. The fourth-order valence-electron chi connectivity index (χ4n) is 1.47. The molecule has 5 heteroatoms. The summed E-state index contributed by atoms with van der Waals surface area (Å²) in [5, 5.41) is 15.8. The van der Waals surface area contributed by atoms with Crippen LogP contribution in [0.1, 0.15) is 37.4 Å². The molecule has 1 aromatic rings. The van der Waals surface area contributed by atoms with Crippen molar-refractivity contribution in [1.82, 2.24) is 9.78 Å². The lowest BCUT2D eigenvalue weighted by Gasteiger charge is -2.04. The summed E-state index contributed by atoms with van der Waals surface area (Å²) in [4.78, 5) is 11.5. The lowest BCUT2D eigenvalue weighted by Crippen LogP contribution is -2.14. The number of unbranched alkanes of at least 4 members (excludes halogenated alkanes) is 1. The second-order valence-corrected chi connectivity index (χ2v) is 3.70. The summed E-state index contributed by atoms with van der Waals surface area (Å²) in [6.07, 6.45) is 2.30. The third-order valence-corrected chi connectivity index (χ3v) is 2.35. The van der Waals surface area contributed by atoms with E-state index in [4.69, 9.17) is 5.26 Å². The highest BCUT2D eigenvalue weighted by atomic mass is 16.1. The average Bonchev–Trinajstić information content (AvgIpc) is 2.50. The summed E-state index contributed by atoms with van der Waals surface area (Å²) in [5.74, 6) is 0.419. The first-order valence-electron chi connectivity index (χ1n) is 5.33. The molecule has 0 aliphatic heterocycles. The van der Waals surface area contributed by atoms with Crippen molar-refractivity contribution in [2.75, 3.05) is 5.32 Å². The summed E-state index contributed by atoms with van der Waals surface area (Å²) in [6.45, 7) is 3.78. The number of anilines is 1. The van der Waals surface area contributed by atoms with Gasteiger partial charge in [-0.25, -0.2) is 0 Å². The van der Waals surface area contributed by atoms with E-state index >= 15 is 0 Å². The van der Waals surface area contributed by atoms with E-state index in [1.165, 1.54) is 4.68 Å². The molecule has 1 aromatic heterocycles. The number of hydrogen-bond acceptors (Lipinski definition) is 3. The normalized spacial score (nSPS) is 9.88. The van der Waals surface area contributed by atoms with Crippen LogP contribution in [0.4, 0.5) is 5.82 Å². The zero-order valence-electron chi connectivity index (χ0n) is 9.87. The smallest absolute Gasteiger partial charge is 0.225 e. The molecule has 5 nitrogen and oxygen atoms in total. The fourth-order valence-corrected chi connectivity index (χ4v) is 1.47. The minimum Gasteiger partial charge on any atom is -0.310 e. The Bertz CT molecular complexity index is 428. The number of carbonyl (C=O) groups excluding carboxylic acids is 1. The van der Waals surface area contributed by atoms with Crippen LogP contribution in [-0.2, 0) is 11.8 Å². The van der Waals surface area contributed by atoms with Gasteiger partial charge in [0.05, 0.1) is 5.69 Å². The third-order valence-electron chi connectivity index (χ3n) is 2.35. The summed E-state index contributed by atoms with van der Waals surface area (Å²) in [7, 11) is 1.71. The number of nitrogens with one attached hydrogen (secondary N) is 1. The molecule has 1 amide bonds. The number of aromatic nitrogens is 2. The summed E-state index contributed by atoms with van der Waals surface area (Å²) in [5.41, 5.74) is 1.07. The zero-order chi connectivity index (χ0) is 12.1. The van der Waals surface area contributed by atoms with Crippen molar-refractivity contribution in [2.24, 2.45) is 7.05 Å². The van der Waals surface area contributed by atoms with Gasteiger partial charge in [-0.05, 0) is 13.3 Å². The molecule has 1 N–H and O–H groups in total. The largest absolute Gasteiger partial charge is 0.310 e. The average molecular weight is 220 g/mol. The Balaban J connectivity index is 2.81. The molecule has 0 bridgehead atoms. The first-order chi connectivity index (χ1) is 7.60. The molecule has 0 saturated carbocycles. The Morgan fingerprint density at radius 1 is 1.62 bits per heavy atom. The molecule has 0 aliphatic carbocycles. The van der Waals surface area contributed by atoms with Crippen LogP contribution in [-0.4, -0.2) is 15.7 Å². The molecule has 86 valence electrons. The molecule has 16 heavy (non-hydrogen) atoms. The Labute approximate surface area is 95.1 Å². The van der Waals surface area contributed by atoms with E-state index < -0.39 is 0 Å². The Morgan fingerprint density at radius 2 is 2.31 bits per heavy atom. The maximum absolute atomic E-state index is 11.5. The van der Waals surface area contributed by atoms with Crippen molar-refractivity contribution in [3.8, 4) is 6.07 Å². The van der Waals surface area contributed by atoms with E-state index in [9.17, 15) is 4.79 Å². The van der Waals surface area contributed by atoms with E-state index in [-0.39, 0.29) is 5.91 Å². The molecular formula is C11H16N4O. The zero-order valence-corrected chi connectivity index (χ0v) is 9.87. The lowest BCUT2D eigenvalue weighted by molar-refractivity contribution is -0.116. The highest BCUT2D eigenvalue weighted by Gasteiger charge is 2.14. The van der Waals surface area contributed by atoms with Crippen LogP contribution < -0.4 is 5.32 Å². The van der Waals surface area contributed by atoms with E-state index in [1.807, 2.05) is 13.0 Å². The van der Waals surface area contributed by atoms with Gasteiger partial charge in [0, 0.05) is 13.5 Å². The van der Waals surface area contributed by atoms with E-state index in [0.29, 0.717) is 23.5 Å². The monoisotopic (exact) mass is 220 g/mol. The molecule has 0 aliphatic rings. The number of amides is 1. The number of rotatable bonds is 4. The van der Waals surface area contributed by atoms with Gasteiger partial charge in [-0.3, -0.25) is 9.48 Å². The topological polar surface area (TPSA) is 70.7 Å². The summed E-state index contributed by atoms with van der Waals surface area (Å²) < 4.78 is 1.53. The predicted octanol–water partition coefficient (Wildman–Crippen LogP) is 1.73. The van der Waals surface area contributed by atoms with Crippen molar-refractivity contribution in [3.63, 3.8) is 0 Å². The summed E-state index contributed by atoms with van der Waals surface area (Å²) in [6, 6.07) is 2.05. The van der Waals surface area contributed by atoms with Gasteiger partial charge in [-0.15, -0.1) is 0 Å². The van der Waals surface area contributed by atoms with E-state index in [2.05, 4.69) is 10.4 Å². The predicted molar refractivity (Wildman–Crippen MR) is 60.8 cm³/mol. The van der Waals surface area contributed by atoms with Crippen LogP contribution in [0.2, 0.25) is 0 Å². The minimum absolute atomic E-state index is 0.0682. The van der Waals surface area contributed by atoms with E-state index in [1.54, 1.807) is 14.0 Å². The van der Waals surface area contributed by atoms with Crippen LogP contribution in [0.15, 0.2) is 0 Å². The highest BCUT2D eigenvalue weighted by Crippen LogP contribution is 2.17. The van der Waals surface area contributed by atoms with Crippen molar-refractivity contribution < 1.29 is 4.79 Å². The van der Waals surface area contributed by atoms with Gasteiger partial charge in [0.1, 0.15) is 17.5 Å². The number of carbonyl (C=O) groups is 1. The standard InChI is InChI=1S/C11H16N4O/c1-4-5-6-10(16)13-11-9(7-12)8(2)14-15(11)3/h4-6H2,1-3H3,(H,13,16). The van der Waals surface area contributed by atoms with Crippen LogP contribution in [0.25, 0.3) is 0 Å². The molecule has 0 unspecified atom stereocenters. The van der Waals surface area contributed by atoms with Crippen LogP contribution in [0, 0.1) is 18.3 Å². The van der Waals surface area contributed by atoms with Gasteiger partial charge < -0.3 is 5.32 Å². The van der Waals surface area contributed by atoms with Crippen LogP contribution in [0.5, 0.6) is 0 Å². The Kier molecular flexibility index (Phi) is 4.06. The first-order valence-corrected chi connectivity index (χ1v) is 5.33. The lowest BCUT2D eigenvalue weighted by atomic mass is 10.2. The number of aryl methyl sites for hydroxylation is 2. The number of hydrogen-bond donors (Lipinski definition) is 1. The SMILES string of the molecule is CCCCC(=O)Nc1c(C#N)c(C)nn1C. The van der Waals surface area contributed by atoms with Gasteiger partial charge in [0.25, 0.3) is 0 Å². The molecule has 0 saturated heterocycles. The van der Waals surface area contributed by atoms with Gasteiger partial charge in [-0.1, -0.05) is 13.3 Å². The second kappa shape index (κ2) is 5.31. The van der Waals surface area contributed by atoms with E-state index in [0.717, 1.165) is 12.8 Å². The van der Waals surface area contributed by atoms with Gasteiger partial charge >= 0.3 is 0 Å². The quantitative estimate of drug-likeness (QED) is 0.840. The number of nitrogens with zero attached hydrogens (tertiary/aromatic N) is 3. The van der Waals surface area contributed by atoms with Crippen molar-refractivity contribution >= 4 is 11.7 Å². The summed E-state index contributed by atoms with van der Waals surface area (Å²) >= 11 is 0. The third kappa shape index (κ3) is 2.60. The van der Waals surface area contributed by atoms with Crippen LogP contribution >= 0.6 is 0 Å². The second-order valence-electron chi connectivity index (χ2n) is 3.70. The number of nitriles is 1. The molecule has 0 aromatic carbocycles. The van der Waals surface area contributed by atoms with Gasteiger partial charge in [-0.2, -0.15) is 10.4 Å². The highest BCUT2D eigenvalue weighted by molar-refractivity contribution is 5.91. The maximum atomic E-state index is 11.5. The Morgan fingerprint density at radius 3 is 2.88 bits per heavy atom. The van der Waals surface area contributed by atoms with Crippen molar-refractivity contribution in [3.05, 3.63) is 11.3 Å². The van der Waals surface area contributed by atoms with Crippen molar-refractivity contribution in [1.29, 1.82) is 5.26 Å². The molecule has 1 rings (SSSR count). The molecule has 0 fully saturated rings. The maximum Gasteiger partial charge on any atom is 0.225 e.